The Hall–Kier alpha value is -3.92. The molecule has 30 heavy (non-hydrogen) atoms. The van der Waals surface area contributed by atoms with E-state index in [1.54, 1.807) is 12.1 Å². The minimum Gasteiger partial charge on any atom is -0.454 e. The van der Waals surface area contributed by atoms with Gasteiger partial charge in [-0.05, 0) is 55.0 Å². The number of sulfonamides is 1. The van der Waals surface area contributed by atoms with Gasteiger partial charge in [-0.3, -0.25) is 19.6 Å². The Morgan fingerprint density at radius 3 is 2.40 bits per heavy atom. The predicted octanol–water partition coefficient (Wildman–Crippen LogP) is 4.06. The summed E-state index contributed by atoms with van der Waals surface area (Å²) in [5.74, 6) is 0.325. The summed E-state index contributed by atoms with van der Waals surface area (Å²) in [6.07, 6.45) is 0. The fourth-order valence-electron chi connectivity index (χ4n) is 2.96. The highest BCUT2D eigenvalue weighted by molar-refractivity contribution is 7.92. The van der Waals surface area contributed by atoms with Crippen molar-refractivity contribution in [1.29, 1.82) is 0 Å². The van der Waals surface area contributed by atoms with Crippen molar-refractivity contribution in [3.8, 4) is 11.5 Å². The zero-order chi connectivity index (χ0) is 21.5. The Bertz CT molecular complexity index is 1290. The monoisotopic (exact) mass is 425 g/mol. The van der Waals surface area contributed by atoms with Gasteiger partial charge in [-0.1, -0.05) is 6.07 Å². The van der Waals surface area contributed by atoms with E-state index in [2.05, 4.69) is 10.0 Å². The number of fused-ring (bicyclic) bond motifs is 2. The van der Waals surface area contributed by atoms with E-state index in [1.165, 1.54) is 18.2 Å². The van der Waals surface area contributed by atoms with E-state index < -0.39 is 20.9 Å². The molecule has 152 valence electrons. The molecule has 10 heteroatoms. The SMILES string of the molecule is Cc1ccc2c(c1)NC(=O)c1cc(NS(=O)(=O)c3ccc([N+](=O)[O-])cc3)ccc1O2. The molecule has 2 N–H and O–H groups in total. The number of amides is 1. The van der Waals surface area contributed by atoms with Crippen LogP contribution in [0.15, 0.2) is 65.6 Å². The Morgan fingerprint density at radius 2 is 1.70 bits per heavy atom. The van der Waals surface area contributed by atoms with Crippen LogP contribution in [0.2, 0.25) is 0 Å². The molecule has 4 rings (SSSR count). The molecule has 1 aliphatic heterocycles. The zero-order valence-electron chi connectivity index (χ0n) is 15.6. The number of nitrogens with zero attached hydrogens (tertiary/aromatic N) is 1. The number of aryl methyl sites for hydroxylation is 1. The van der Waals surface area contributed by atoms with Crippen LogP contribution in [0, 0.1) is 17.0 Å². The minimum atomic E-state index is -4.01. The van der Waals surface area contributed by atoms with Crippen LogP contribution >= 0.6 is 0 Å². The minimum absolute atomic E-state index is 0.146. The molecule has 0 aromatic heterocycles. The van der Waals surface area contributed by atoms with Crippen molar-refractivity contribution in [2.75, 3.05) is 10.0 Å². The molecule has 0 saturated carbocycles. The Kier molecular flexibility index (Phi) is 4.63. The molecular weight excluding hydrogens is 410 g/mol. The standard InChI is InChI=1S/C20H15N3O6S/c1-12-2-8-19-17(10-12)21-20(24)16-11-13(3-9-18(16)29-19)22-30(27,28)15-6-4-14(5-7-15)23(25)26/h2-11,22H,1H3,(H,21,24). The van der Waals surface area contributed by atoms with Crippen molar-refractivity contribution >= 4 is 33.0 Å². The van der Waals surface area contributed by atoms with Crippen LogP contribution in [0.1, 0.15) is 15.9 Å². The normalized spacial score (nSPS) is 12.6. The van der Waals surface area contributed by atoms with Crippen LogP contribution < -0.4 is 14.8 Å². The number of non-ortho nitro benzene ring substituents is 1. The van der Waals surface area contributed by atoms with Crippen molar-refractivity contribution in [1.82, 2.24) is 0 Å². The van der Waals surface area contributed by atoms with Gasteiger partial charge in [0.1, 0.15) is 5.75 Å². The highest BCUT2D eigenvalue weighted by Crippen LogP contribution is 2.37. The summed E-state index contributed by atoms with van der Waals surface area (Å²) in [7, 11) is -4.01. The largest absolute Gasteiger partial charge is 0.454 e. The average molecular weight is 425 g/mol. The lowest BCUT2D eigenvalue weighted by molar-refractivity contribution is -0.384. The summed E-state index contributed by atoms with van der Waals surface area (Å²) in [5.41, 5.74) is 1.55. The second kappa shape index (κ2) is 7.16. The average Bonchev–Trinajstić information content (AvgIpc) is 2.83. The highest BCUT2D eigenvalue weighted by atomic mass is 32.2. The van der Waals surface area contributed by atoms with Gasteiger partial charge in [0, 0.05) is 17.8 Å². The number of rotatable bonds is 4. The molecular formula is C20H15N3O6S. The van der Waals surface area contributed by atoms with E-state index in [-0.39, 0.29) is 27.6 Å². The molecule has 1 amide bonds. The topological polar surface area (TPSA) is 128 Å². The van der Waals surface area contributed by atoms with E-state index in [0.717, 1.165) is 29.8 Å². The van der Waals surface area contributed by atoms with E-state index in [0.29, 0.717) is 11.4 Å². The number of nitro groups is 1. The summed E-state index contributed by atoms with van der Waals surface area (Å²) < 4.78 is 33.4. The fourth-order valence-corrected chi connectivity index (χ4v) is 4.01. The molecule has 0 radical (unpaired) electrons. The lowest BCUT2D eigenvalue weighted by atomic mass is 10.1. The lowest BCUT2D eigenvalue weighted by Gasteiger charge is -2.11. The van der Waals surface area contributed by atoms with Gasteiger partial charge in [0.15, 0.2) is 5.75 Å². The second-order valence-electron chi connectivity index (χ2n) is 6.62. The molecule has 0 fully saturated rings. The molecule has 0 spiro atoms. The third-order valence-corrected chi connectivity index (χ3v) is 5.83. The molecule has 1 heterocycles. The van der Waals surface area contributed by atoms with E-state index >= 15 is 0 Å². The Balaban J connectivity index is 1.63. The molecule has 1 aliphatic rings. The number of nitrogens with one attached hydrogen (secondary N) is 2. The highest BCUT2D eigenvalue weighted by Gasteiger charge is 2.23. The quantitative estimate of drug-likeness (QED) is 0.479. The number of anilines is 2. The van der Waals surface area contributed by atoms with Crippen LogP contribution in [0.5, 0.6) is 11.5 Å². The van der Waals surface area contributed by atoms with Gasteiger partial charge in [0.05, 0.1) is 21.1 Å². The first-order chi connectivity index (χ1) is 14.2. The molecule has 0 atom stereocenters. The number of benzene rings is 3. The lowest BCUT2D eigenvalue weighted by Crippen LogP contribution is -2.15. The van der Waals surface area contributed by atoms with E-state index in [9.17, 15) is 23.3 Å². The Labute approximate surface area is 171 Å². The molecule has 9 nitrogen and oxygen atoms in total. The summed E-state index contributed by atoms with van der Waals surface area (Å²) in [4.78, 5) is 22.6. The number of ether oxygens (including phenoxy) is 1. The maximum absolute atomic E-state index is 12.6. The van der Waals surface area contributed by atoms with Crippen LogP contribution in [0.3, 0.4) is 0 Å². The number of carbonyl (C=O) groups excluding carboxylic acids is 1. The van der Waals surface area contributed by atoms with Gasteiger partial charge in [-0.15, -0.1) is 0 Å². The van der Waals surface area contributed by atoms with Gasteiger partial charge < -0.3 is 10.1 Å². The number of hydrogen-bond acceptors (Lipinski definition) is 6. The predicted molar refractivity (Wildman–Crippen MR) is 110 cm³/mol. The summed E-state index contributed by atoms with van der Waals surface area (Å²) in [6.45, 7) is 1.88. The first-order valence-electron chi connectivity index (χ1n) is 8.74. The second-order valence-corrected chi connectivity index (χ2v) is 8.31. The fraction of sp³-hybridized carbons (Fsp3) is 0.0500. The van der Waals surface area contributed by atoms with Crippen molar-refractivity contribution in [3.05, 3.63) is 81.9 Å². The van der Waals surface area contributed by atoms with Crippen LogP contribution in [-0.4, -0.2) is 19.2 Å². The summed E-state index contributed by atoms with van der Waals surface area (Å²) >= 11 is 0. The van der Waals surface area contributed by atoms with Gasteiger partial charge in [-0.2, -0.15) is 0 Å². The third-order valence-electron chi connectivity index (χ3n) is 4.44. The summed E-state index contributed by atoms with van der Waals surface area (Å²) in [6, 6.07) is 14.2. The first kappa shape index (κ1) is 19.4. The number of carbonyl (C=O) groups is 1. The maximum Gasteiger partial charge on any atom is 0.269 e. The molecule has 0 bridgehead atoms. The Morgan fingerprint density at radius 1 is 1.00 bits per heavy atom. The van der Waals surface area contributed by atoms with Crippen molar-refractivity contribution < 1.29 is 22.9 Å². The van der Waals surface area contributed by atoms with Gasteiger partial charge in [0.2, 0.25) is 0 Å². The summed E-state index contributed by atoms with van der Waals surface area (Å²) in [5, 5.41) is 13.5. The van der Waals surface area contributed by atoms with Crippen molar-refractivity contribution in [2.45, 2.75) is 11.8 Å². The maximum atomic E-state index is 12.6. The first-order valence-corrected chi connectivity index (χ1v) is 10.2. The molecule has 3 aromatic carbocycles. The number of nitro benzene ring substituents is 1. The van der Waals surface area contributed by atoms with Crippen LogP contribution in [0.4, 0.5) is 17.1 Å². The van der Waals surface area contributed by atoms with Gasteiger partial charge in [-0.25, -0.2) is 8.42 Å². The third kappa shape index (κ3) is 3.67. The molecule has 3 aromatic rings. The number of hydrogen-bond donors (Lipinski definition) is 2. The van der Waals surface area contributed by atoms with E-state index in [1.807, 2.05) is 13.0 Å². The zero-order valence-corrected chi connectivity index (χ0v) is 16.4. The van der Waals surface area contributed by atoms with Crippen LogP contribution in [-0.2, 0) is 10.0 Å². The van der Waals surface area contributed by atoms with Crippen molar-refractivity contribution in [2.24, 2.45) is 0 Å². The molecule has 0 saturated heterocycles. The van der Waals surface area contributed by atoms with Crippen molar-refractivity contribution in [3.63, 3.8) is 0 Å². The molecule has 0 aliphatic carbocycles. The smallest absolute Gasteiger partial charge is 0.269 e. The molecule has 0 unspecified atom stereocenters. The van der Waals surface area contributed by atoms with Crippen LogP contribution in [0.25, 0.3) is 0 Å². The van der Waals surface area contributed by atoms with Gasteiger partial charge in [0.25, 0.3) is 21.6 Å². The van der Waals surface area contributed by atoms with E-state index in [4.69, 9.17) is 4.74 Å². The van der Waals surface area contributed by atoms with Gasteiger partial charge >= 0.3 is 0 Å².